The standard InChI is InChI=1S/C47H60ClFN10O6S/c1-46(2,39(55-44(64)47(49)15-16-47)43(63)59-27-34(60)22-37(59)41(61)52-24-30-7-5-29(23-50)6-8-30)66-28-32-11-9-31(10-12-32)26-57-17-19-58(20-18-57)42(62)33-13-14-36(38(21-33)65-4)54-45-53-25-35(48)40(51-3)56-45/h5-8,13-14,21,25,31-32,34,37,39,60H,9-12,15-20,22,24,26-28H2,1-4H3,(H,52,61)(H,55,64)(H2,51,53,54,56)/t31?,32?,34-,37?,39-/m1/s1. The lowest BCUT2D eigenvalue weighted by Crippen LogP contribution is -2.61. The minimum atomic E-state index is -2.01. The third-order valence-corrected chi connectivity index (χ3v) is 15.1. The maximum absolute atomic E-state index is 15.1. The van der Waals surface area contributed by atoms with E-state index in [1.807, 2.05) is 18.7 Å². The number of ether oxygens (including phenoxy) is 1. The van der Waals surface area contributed by atoms with E-state index < -0.39 is 46.3 Å². The van der Waals surface area contributed by atoms with Crippen LogP contribution in [-0.2, 0) is 20.9 Å². The fourth-order valence-corrected chi connectivity index (χ4v) is 10.4. The molecule has 354 valence electrons. The Morgan fingerprint density at radius 1 is 1.06 bits per heavy atom. The van der Waals surface area contributed by atoms with Crippen molar-refractivity contribution in [3.05, 3.63) is 70.4 Å². The molecule has 0 spiro atoms. The molecule has 2 aliphatic heterocycles. The minimum absolute atomic E-state index is 0.0354. The molecule has 16 nitrogen and oxygen atoms in total. The van der Waals surface area contributed by atoms with Crippen LogP contribution in [0.15, 0.2) is 48.7 Å². The number of aromatic nitrogens is 2. The van der Waals surface area contributed by atoms with Gasteiger partial charge in [0, 0.05) is 69.6 Å². The molecule has 3 aromatic rings. The van der Waals surface area contributed by atoms with E-state index >= 15 is 4.39 Å². The Labute approximate surface area is 394 Å². The molecule has 2 saturated heterocycles. The number of aliphatic hydroxyl groups is 1. The number of carbonyl (C=O) groups excluding carboxylic acids is 4. The van der Waals surface area contributed by atoms with Gasteiger partial charge in [-0.05, 0) is 106 Å². The highest BCUT2D eigenvalue weighted by Crippen LogP contribution is 2.42. The van der Waals surface area contributed by atoms with Crippen LogP contribution < -0.4 is 26.0 Å². The highest BCUT2D eigenvalue weighted by molar-refractivity contribution is 8.00. The summed E-state index contributed by atoms with van der Waals surface area (Å²) in [5, 5.41) is 31.8. The summed E-state index contributed by atoms with van der Waals surface area (Å²) >= 11 is 7.70. The zero-order chi connectivity index (χ0) is 47.2. The van der Waals surface area contributed by atoms with Crippen molar-refractivity contribution in [2.45, 2.75) is 93.9 Å². The Kier molecular flexibility index (Phi) is 15.6. The summed E-state index contributed by atoms with van der Waals surface area (Å²) < 4.78 is 19.8. The van der Waals surface area contributed by atoms with Crippen LogP contribution in [0, 0.1) is 23.2 Å². The van der Waals surface area contributed by atoms with Crippen molar-refractivity contribution in [2.75, 3.05) is 69.8 Å². The van der Waals surface area contributed by atoms with E-state index in [0.717, 1.165) is 56.6 Å². The van der Waals surface area contributed by atoms with Crippen molar-refractivity contribution in [2.24, 2.45) is 11.8 Å². The largest absolute Gasteiger partial charge is 0.495 e. The van der Waals surface area contributed by atoms with Gasteiger partial charge in [0.1, 0.15) is 28.7 Å². The van der Waals surface area contributed by atoms with Gasteiger partial charge in [-0.15, -0.1) is 0 Å². The van der Waals surface area contributed by atoms with Crippen LogP contribution in [0.25, 0.3) is 0 Å². The van der Waals surface area contributed by atoms with Crippen LogP contribution in [0.3, 0.4) is 0 Å². The fraction of sp³-hybridized carbons (Fsp3) is 0.553. The monoisotopic (exact) mass is 946 g/mol. The number of halogens is 2. The zero-order valence-electron chi connectivity index (χ0n) is 37.9. The lowest BCUT2D eigenvalue weighted by atomic mass is 9.82. The summed E-state index contributed by atoms with van der Waals surface area (Å²) in [6, 6.07) is 12.0. The first kappa shape index (κ1) is 48.7. The number of nitrogens with zero attached hydrogens (tertiary/aromatic N) is 6. The Balaban J connectivity index is 0.883. The molecule has 1 unspecified atom stereocenters. The number of hydrogen-bond donors (Lipinski definition) is 5. The molecule has 0 radical (unpaired) electrons. The molecular formula is C47H60ClFN10O6S. The average molecular weight is 948 g/mol. The number of aliphatic hydroxyl groups excluding tert-OH is 1. The second kappa shape index (κ2) is 21.2. The van der Waals surface area contributed by atoms with E-state index in [9.17, 15) is 24.3 Å². The SMILES string of the molecule is CNc1nc(Nc2ccc(C(=O)N3CCN(CC4CCC(CSC(C)(C)[C@H](NC(=O)C5(F)CC5)C(=O)N5C[C@H](O)CC5C(=O)NCc5ccc(C#N)cc5)CC4)CC3)cc2OC)ncc1Cl. The number of thioether (sulfide) groups is 1. The van der Waals surface area contributed by atoms with E-state index in [1.165, 1.54) is 11.1 Å². The molecule has 2 aromatic carbocycles. The summed E-state index contributed by atoms with van der Waals surface area (Å²) in [5.74, 6) is 1.11. The first-order valence-electron chi connectivity index (χ1n) is 22.7. The van der Waals surface area contributed by atoms with E-state index in [4.69, 9.17) is 21.6 Å². The van der Waals surface area contributed by atoms with E-state index in [2.05, 4.69) is 42.2 Å². The van der Waals surface area contributed by atoms with Gasteiger partial charge >= 0.3 is 0 Å². The summed E-state index contributed by atoms with van der Waals surface area (Å²) in [7, 11) is 3.27. The second-order valence-corrected chi connectivity index (χ2v) is 20.4. The van der Waals surface area contributed by atoms with Crippen LogP contribution in [0.2, 0.25) is 5.02 Å². The second-order valence-electron chi connectivity index (χ2n) is 18.4. The number of anilines is 3. The number of nitrogens with one attached hydrogen (secondary N) is 4. The molecule has 66 heavy (non-hydrogen) atoms. The van der Waals surface area contributed by atoms with E-state index in [0.29, 0.717) is 64.3 Å². The number of alkyl halides is 1. The van der Waals surface area contributed by atoms with Gasteiger partial charge in [-0.1, -0.05) is 23.7 Å². The van der Waals surface area contributed by atoms with Gasteiger partial charge in [-0.3, -0.25) is 24.1 Å². The molecule has 4 aliphatic rings. The van der Waals surface area contributed by atoms with Gasteiger partial charge in [0.2, 0.25) is 17.8 Å². The predicted octanol–water partition coefficient (Wildman–Crippen LogP) is 5.14. The maximum Gasteiger partial charge on any atom is 0.258 e. The molecule has 19 heteroatoms. The minimum Gasteiger partial charge on any atom is -0.495 e. The van der Waals surface area contributed by atoms with Crippen molar-refractivity contribution in [3.8, 4) is 11.8 Å². The Bertz CT molecular complexity index is 2280. The van der Waals surface area contributed by atoms with Crippen LogP contribution in [0.4, 0.5) is 21.8 Å². The normalized spacial score (nSPS) is 22.2. The number of β-amino-alcohol motifs (C(OH)–C–C–N with tert-alkyl or cyclic N) is 1. The predicted molar refractivity (Wildman–Crippen MR) is 251 cm³/mol. The van der Waals surface area contributed by atoms with Gasteiger partial charge in [0.25, 0.3) is 11.8 Å². The summed E-state index contributed by atoms with van der Waals surface area (Å²) in [6.45, 7) is 7.59. The number of carbonyl (C=O) groups is 4. The molecule has 2 aliphatic carbocycles. The number of likely N-dealkylation sites (tertiary alicyclic amines) is 1. The Hall–Kier alpha value is -5.22. The van der Waals surface area contributed by atoms with Crippen LogP contribution in [0.1, 0.15) is 80.3 Å². The number of nitriles is 1. The highest BCUT2D eigenvalue weighted by atomic mass is 35.5. The van der Waals surface area contributed by atoms with Gasteiger partial charge in [-0.25, -0.2) is 9.37 Å². The van der Waals surface area contributed by atoms with E-state index in [1.54, 1.807) is 68.4 Å². The molecule has 3 heterocycles. The first-order chi connectivity index (χ1) is 31.6. The number of rotatable bonds is 17. The molecule has 0 bridgehead atoms. The van der Waals surface area contributed by atoms with Crippen molar-refractivity contribution >= 4 is 64.4 Å². The average Bonchev–Trinajstić information content (AvgIpc) is 3.97. The van der Waals surface area contributed by atoms with Crippen molar-refractivity contribution in [1.29, 1.82) is 5.26 Å². The summed E-state index contributed by atoms with van der Waals surface area (Å²) in [5.41, 5.74) is 0.402. The highest BCUT2D eigenvalue weighted by Gasteiger charge is 2.54. The number of methoxy groups -OCH3 is 1. The lowest BCUT2D eigenvalue weighted by Gasteiger charge is -2.40. The topological polar surface area (TPSA) is 205 Å². The first-order valence-corrected chi connectivity index (χ1v) is 24.0. The smallest absolute Gasteiger partial charge is 0.258 e. The molecule has 3 atom stereocenters. The summed E-state index contributed by atoms with van der Waals surface area (Å²) in [4.78, 5) is 68.9. The quantitative estimate of drug-likeness (QED) is 0.119. The summed E-state index contributed by atoms with van der Waals surface area (Å²) in [6.07, 6.45) is 4.92. The molecular weight excluding hydrogens is 887 g/mol. The Morgan fingerprint density at radius 2 is 1.76 bits per heavy atom. The van der Waals surface area contributed by atoms with Crippen molar-refractivity contribution < 1.29 is 33.4 Å². The fourth-order valence-electron chi connectivity index (χ4n) is 8.93. The number of amides is 4. The molecule has 4 amide bonds. The molecule has 1 aromatic heterocycles. The van der Waals surface area contributed by atoms with Crippen LogP contribution >= 0.6 is 23.4 Å². The van der Waals surface area contributed by atoms with Gasteiger partial charge < -0.3 is 40.9 Å². The Morgan fingerprint density at radius 3 is 2.41 bits per heavy atom. The van der Waals surface area contributed by atoms with Crippen LogP contribution in [-0.4, -0.2) is 141 Å². The molecule has 7 rings (SSSR count). The lowest BCUT2D eigenvalue weighted by molar-refractivity contribution is -0.143. The van der Waals surface area contributed by atoms with Crippen molar-refractivity contribution in [3.63, 3.8) is 0 Å². The van der Waals surface area contributed by atoms with E-state index in [-0.39, 0.29) is 38.3 Å². The number of benzene rings is 2. The molecule has 4 fully saturated rings. The number of piperazine rings is 1. The molecule has 2 saturated carbocycles. The third-order valence-electron chi connectivity index (χ3n) is 13.2. The van der Waals surface area contributed by atoms with Gasteiger partial charge in [0.05, 0.1) is 36.7 Å². The van der Waals surface area contributed by atoms with Gasteiger partial charge in [-0.2, -0.15) is 22.0 Å². The third kappa shape index (κ3) is 11.8. The van der Waals surface area contributed by atoms with Crippen molar-refractivity contribution in [1.82, 2.24) is 35.3 Å². The van der Waals surface area contributed by atoms with Crippen LogP contribution in [0.5, 0.6) is 5.75 Å². The number of hydrogen-bond acceptors (Lipinski definition) is 13. The maximum atomic E-state index is 15.1. The van der Waals surface area contributed by atoms with Gasteiger partial charge in [0.15, 0.2) is 5.67 Å². The molecule has 5 N–H and O–H groups in total. The zero-order valence-corrected chi connectivity index (χ0v) is 39.5.